The van der Waals surface area contributed by atoms with Crippen LogP contribution in [0.25, 0.3) is 0 Å². The average molecular weight is 355 g/mol. The van der Waals surface area contributed by atoms with E-state index in [1.54, 1.807) is 6.20 Å². The Morgan fingerprint density at radius 3 is 2.96 bits per heavy atom. The number of nitrogens with zero attached hydrogens (tertiary/aromatic N) is 3. The molecule has 1 N–H and O–H groups in total. The second kappa shape index (κ2) is 8.65. The predicted octanol–water partition coefficient (Wildman–Crippen LogP) is 3.68. The van der Waals surface area contributed by atoms with E-state index in [0.29, 0.717) is 18.9 Å². The number of fused-ring (bicyclic) bond motifs is 1. The predicted molar refractivity (Wildman–Crippen MR) is 99.2 cm³/mol. The lowest BCUT2D eigenvalue weighted by molar-refractivity contribution is -0.137. The van der Waals surface area contributed by atoms with Crippen molar-refractivity contribution in [2.75, 3.05) is 6.61 Å². The molecule has 1 aromatic carbocycles. The van der Waals surface area contributed by atoms with Crippen molar-refractivity contribution in [3.05, 3.63) is 54.1 Å². The van der Waals surface area contributed by atoms with Gasteiger partial charge in [0.2, 0.25) is 0 Å². The lowest BCUT2D eigenvalue weighted by Crippen LogP contribution is -2.32. The van der Waals surface area contributed by atoms with Crippen LogP contribution in [-0.4, -0.2) is 32.9 Å². The van der Waals surface area contributed by atoms with Gasteiger partial charge in [0, 0.05) is 24.4 Å². The minimum Gasteiger partial charge on any atom is -0.481 e. The molecule has 26 heavy (non-hydrogen) atoms. The Morgan fingerprint density at radius 1 is 1.35 bits per heavy atom. The molecule has 0 aliphatic heterocycles. The molecule has 0 saturated carbocycles. The van der Waals surface area contributed by atoms with Gasteiger partial charge in [0.15, 0.2) is 0 Å². The van der Waals surface area contributed by atoms with Crippen molar-refractivity contribution in [3.8, 4) is 0 Å². The average Bonchev–Trinajstić information content (AvgIpc) is 3.14. The number of rotatable bonds is 8. The summed E-state index contributed by atoms with van der Waals surface area (Å²) in [6.07, 6.45) is 9.09. The quantitative estimate of drug-likeness (QED) is 0.579. The summed E-state index contributed by atoms with van der Waals surface area (Å²) in [7, 11) is 0. The lowest BCUT2D eigenvalue weighted by Gasteiger charge is -2.32. The highest BCUT2D eigenvalue weighted by molar-refractivity contribution is 6.05. The van der Waals surface area contributed by atoms with Crippen LogP contribution in [0.15, 0.2) is 48.1 Å². The number of carboxylic acids is 1. The Balaban J connectivity index is 1.71. The summed E-state index contributed by atoms with van der Waals surface area (Å²) < 4.78 is 2.09. The number of carbonyl (C=O) groups is 1. The van der Waals surface area contributed by atoms with Gasteiger partial charge in [0.1, 0.15) is 12.3 Å². The van der Waals surface area contributed by atoms with Crippen LogP contribution in [0.1, 0.15) is 49.8 Å². The summed E-state index contributed by atoms with van der Waals surface area (Å²) in [6.45, 7) is 2.72. The monoisotopic (exact) mass is 355 g/mol. The SMILES string of the molecule is CC1Cc2ccccc2C(=NOCCCCCC(=O)O)C1n1ccnc1. The minimum atomic E-state index is -0.748. The summed E-state index contributed by atoms with van der Waals surface area (Å²) in [5.41, 5.74) is 3.36. The van der Waals surface area contributed by atoms with E-state index in [9.17, 15) is 4.79 Å². The van der Waals surface area contributed by atoms with E-state index in [2.05, 4.69) is 39.8 Å². The molecule has 1 aromatic heterocycles. The molecule has 1 aliphatic rings. The highest BCUT2D eigenvalue weighted by Gasteiger charge is 2.32. The number of unbranched alkanes of at least 4 members (excludes halogenated alkanes) is 2. The molecule has 6 nitrogen and oxygen atoms in total. The van der Waals surface area contributed by atoms with Crippen molar-refractivity contribution in [2.24, 2.45) is 11.1 Å². The Labute approximate surface area is 153 Å². The number of imidazole rings is 1. The number of oxime groups is 1. The first-order valence-corrected chi connectivity index (χ1v) is 9.14. The summed E-state index contributed by atoms with van der Waals surface area (Å²) in [5.74, 6) is -0.362. The molecule has 0 bridgehead atoms. The second-order valence-electron chi connectivity index (χ2n) is 6.81. The van der Waals surface area contributed by atoms with Gasteiger partial charge >= 0.3 is 5.97 Å². The van der Waals surface area contributed by atoms with Gasteiger partial charge in [-0.15, -0.1) is 0 Å². The first kappa shape index (κ1) is 18.2. The molecule has 6 heteroatoms. The van der Waals surface area contributed by atoms with E-state index in [1.807, 2.05) is 18.6 Å². The molecular formula is C20H25N3O3. The normalized spacial score (nSPS) is 20.7. The Kier molecular flexibility index (Phi) is 6.04. The van der Waals surface area contributed by atoms with Gasteiger partial charge in [-0.1, -0.05) is 36.3 Å². The maximum absolute atomic E-state index is 10.5. The van der Waals surface area contributed by atoms with Crippen molar-refractivity contribution in [3.63, 3.8) is 0 Å². The molecule has 0 saturated heterocycles. The van der Waals surface area contributed by atoms with Gasteiger partial charge < -0.3 is 14.5 Å². The molecule has 2 atom stereocenters. The number of aromatic nitrogens is 2. The van der Waals surface area contributed by atoms with E-state index >= 15 is 0 Å². The zero-order chi connectivity index (χ0) is 18.4. The largest absolute Gasteiger partial charge is 0.481 e. The number of benzene rings is 1. The van der Waals surface area contributed by atoms with E-state index in [1.165, 1.54) is 5.56 Å². The van der Waals surface area contributed by atoms with Crippen LogP contribution in [0.3, 0.4) is 0 Å². The molecular weight excluding hydrogens is 330 g/mol. The number of hydrogen-bond donors (Lipinski definition) is 1. The molecule has 0 spiro atoms. The van der Waals surface area contributed by atoms with E-state index in [0.717, 1.165) is 30.5 Å². The van der Waals surface area contributed by atoms with Crippen LogP contribution in [0.5, 0.6) is 0 Å². The maximum Gasteiger partial charge on any atom is 0.303 e. The lowest BCUT2D eigenvalue weighted by atomic mass is 9.79. The molecule has 2 unspecified atom stereocenters. The Hall–Kier alpha value is -2.63. The summed E-state index contributed by atoms with van der Waals surface area (Å²) in [4.78, 5) is 20.3. The molecule has 138 valence electrons. The first-order chi connectivity index (χ1) is 12.7. The molecule has 2 aromatic rings. The van der Waals surface area contributed by atoms with Crippen molar-refractivity contribution in [1.29, 1.82) is 0 Å². The third-order valence-corrected chi connectivity index (χ3v) is 4.79. The van der Waals surface area contributed by atoms with Gasteiger partial charge in [-0.2, -0.15) is 0 Å². The highest BCUT2D eigenvalue weighted by atomic mass is 16.6. The summed E-state index contributed by atoms with van der Waals surface area (Å²) in [5, 5.41) is 13.2. The van der Waals surface area contributed by atoms with E-state index in [4.69, 9.17) is 9.94 Å². The van der Waals surface area contributed by atoms with Crippen LogP contribution in [0.2, 0.25) is 0 Å². The van der Waals surface area contributed by atoms with Crippen LogP contribution in [0, 0.1) is 5.92 Å². The molecule has 1 aliphatic carbocycles. The van der Waals surface area contributed by atoms with Crippen LogP contribution in [-0.2, 0) is 16.1 Å². The van der Waals surface area contributed by atoms with Crippen molar-refractivity contribution in [2.45, 2.75) is 45.1 Å². The Morgan fingerprint density at radius 2 is 2.19 bits per heavy atom. The van der Waals surface area contributed by atoms with Crippen LogP contribution < -0.4 is 0 Å². The minimum absolute atomic E-state index is 0.0967. The van der Waals surface area contributed by atoms with Gasteiger partial charge in [-0.25, -0.2) is 4.98 Å². The first-order valence-electron chi connectivity index (χ1n) is 9.14. The van der Waals surface area contributed by atoms with Gasteiger partial charge in [-0.05, 0) is 37.2 Å². The van der Waals surface area contributed by atoms with Crippen LogP contribution in [0.4, 0.5) is 0 Å². The highest BCUT2D eigenvalue weighted by Crippen LogP contribution is 2.34. The summed E-state index contributed by atoms with van der Waals surface area (Å²) >= 11 is 0. The molecule has 0 fully saturated rings. The van der Waals surface area contributed by atoms with Crippen molar-refractivity contribution in [1.82, 2.24) is 9.55 Å². The fraction of sp³-hybridized carbons (Fsp3) is 0.450. The zero-order valence-electron chi connectivity index (χ0n) is 15.0. The number of aliphatic carboxylic acids is 1. The third kappa shape index (κ3) is 4.31. The number of carboxylic acid groups (broad SMARTS) is 1. The fourth-order valence-corrected chi connectivity index (χ4v) is 3.54. The van der Waals surface area contributed by atoms with E-state index in [-0.39, 0.29) is 12.5 Å². The zero-order valence-corrected chi connectivity index (χ0v) is 15.0. The standard InChI is InChI=1S/C20H25N3O3/c1-15-13-16-7-4-5-8-17(16)19(20(15)23-11-10-21-14-23)22-26-12-6-2-3-9-18(24)25/h4-5,7-8,10-11,14-15,20H,2-3,6,9,12-13H2,1H3,(H,24,25). The smallest absolute Gasteiger partial charge is 0.303 e. The van der Waals surface area contributed by atoms with Gasteiger partial charge in [0.25, 0.3) is 0 Å². The van der Waals surface area contributed by atoms with Crippen molar-refractivity contribution < 1.29 is 14.7 Å². The fourth-order valence-electron chi connectivity index (χ4n) is 3.54. The summed E-state index contributed by atoms with van der Waals surface area (Å²) in [6, 6.07) is 8.43. The second-order valence-corrected chi connectivity index (χ2v) is 6.81. The van der Waals surface area contributed by atoms with Gasteiger partial charge in [0.05, 0.1) is 12.4 Å². The molecule has 0 amide bonds. The van der Waals surface area contributed by atoms with Crippen molar-refractivity contribution >= 4 is 11.7 Å². The molecule has 3 rings (SSSR count). The molecule has 1 heterocycles. The third-order valence-electron chi connectivity index (χ3n) is 4.79. The topological polar surface area (TPSA) is 76.7 Å². The maximum atomic E-state index is 10.5. The Bertz CT molecular complexity index is 755. The van der Waals surface area contributed by atoms with Gasteiger partial charge in [-0.3, -0.25) is 4.79 Å². The molecule has 0 radical (unpaired) electrons. The number of hydrogen-bond acceptors (Lipinski definition) is 4. The van der Waals surface area contributed by atoms with Crippen LogP contribution >= 0.6 is 0 Å². The van der Waals surface area contributed by atoms with E-state index < -0.39 is 5.97 Å².